The fraction of sp³-hybridized carbons (Fsp3) is 1.00. The average molecular weight is 211 g/mol. The highest BCUT2D eigenvalue weighted by atomic mass is 16.3. The van der Waals surface area contributed by atoms with Crippen LogP contribution in [0.1, 0.15) is 32.1 Å². The van der Waals surface area contributed by atoms with Crippen molar-refractivity contribution in [1.29, 1.82) is 0 Å². The van der Waals surface area contributed by atoms with Gasteiger partial charge < -0.3 is 15.9 Å². The number of aliphatic hydroxyl groups excluding tert-OH is 2. The van der Waals surface area contributed by atoms with Crippen molar-refractivity contribution in [1.82, 2.24) is 0 Å². The first-order valence-corrected chi connectivity index (χ1v) is 6.22. The van der Waals surface area contributed by atoms with Gasteiger partial charge in [0.15, 0.2) is 0 Å². The van der Waals surface area contributed by atoms with Crippen LogP contribution >= 0.6 is 0 Å². The molecule has 0 saturated heterocycles. The molecule has 4 aliphatic rings. The van der Waals surface area contributed by atoms with E-state index in [1.807, 2.05) is 0 Å². The van der Waals surface area contributed by atoms with E-state index in [1.54, 1.807) is 0 Å². The van der Waals surface area contributed by atoms with Crippen LogP contribution in [-0.4, -0.2) is 28.5 Å². The summed E-state index contributed by atoms with van der Waals surface area (Å²) in [5.74, 6) is 2.62. The van der Waals surface area contributed by atoms with Crippen molar-refractivity contribution in [3.8, 4) is 0 Å². The number of rotatable bonds is 2. The summed E-state index contributed by atoms with van der Waals surface area (Å²) in [5, 5.41) is 19.1. The van der Waals surface area contributed by atoms with Crippen LogP contribution in [0.3, 0.4) is 0 Å². The molecular formula is C12H21NO2. The molecule has 4 aliphatic carbocycles. The van der Waals surface area contributed by atoms with Gasteiger partial charge in [0.1, 0.15) is 0 Å². The van der Waals surface area contributed by atoms with Crippen molar-refractivity contribution in [3.05, 3.63) is 0 Å². The van der Waals surface area contributed by atoms with Gasteiger partial charge in [-0.05, 0) is 55.8 Å². The Morgan fingerprint density at radius 3 is 1.93 bits per heavy atom. The number of hydrogen-bond acceptors (Lipinski definition) is 3. The lowest BCUT2D eigenvalue weighted by molar-refractivity contribution is -0.120. The highest BCUT2D eigenvalue weighted by molar-refractivity contribution is 5.12. The summed E-state index contributed by atoms with van der Waals surface area (Å²) in [5.41, 5.74) is 5.95. The van der Waals surface area contributed by atoms with Crippen LogP contribution < -0.4 is 5.73 Å². The summed E-state index contributed by atoms with van der Waals surface area (Å²) in [7, 11) is 0. The fourth-order valence-electron chi connectivity index (χ4n) is 4.70. The summed E-state index contributed by atoms with van der Waals surface area (Å²) in [6.07, 6.45) is 5.40. The Bertz CT molecular complexity index is 238. The predicted octanol–water partition coefficient (Wildman–Crippen LogP) is 0.493. The average Bonchev–Trinajstić information content (AvgIpc) is 2.23. The molecule has 3 nitrogen and oxygen atoms in total. The third kappa shape index (κ3) is 1.23. The minimum absolute atomic E-state index is 0.182. The van der Waals surface area contributed by atoms with Crippen molar-refractivity contribution in [2.75, 3.05) is 6.61 Å². The Morgan fingerprint density at radius 1 is 1.07 bits per heavy atom. The maximum absolute atomic E-state index is 9.97. The number of aliphatic hydroxyl groups is 2. The fourth-order valence-corrected chi connectivity index (χ4v) is 4.70. The van der Waals surface area contributed by atoms with Gasteiger partial charge in [0.25, 0.3) is 0 Å². The van der Waals surface area contributed by atoms with Gasteiger partial charge in [0.05, 0.1) is 12.7 Å². The first kappa shape index (κ1) is 10.1. The first-order valence-electron chi connectivity index (χ1n) is 6.22. The van der Waals surface area contributed by atoms with Crippen molar-refractivity contribution in [3.63, 3.8) is 0 Å². The largest absolute Gasteiger partial charge is 0.394 e. The summed E-state index contributed by atoms with van der Waals surface area (Å²) < 4.78 is 0. The van der Waals surface area contributed by atoms with Gasteiger partial charge in [-0.25, -0.2) is 0 Å². The molecule has 0 radical (unpaired) electrons. The highest BCUT2D eigenvalue weighted by Crippen LogP contribution is 2.58. The van der Waals surface area contributed by atoms with Crippen LogP contribution in [0.2, 0.25) is 0 Å². The molecule has 0 aromatic carbocycles. The second kappa shape index (κ2) is 3.19. The van der Waals surface area contributed by atoms with Crippen molar-refractivity contribution in [2.24, 2.45) is 29.4 Å². The van der Waals surface area contributed by atoms with Crippen molar-refractivity contribution < 1.29 is 10.2 Å². The minimum Gasteiger partial charge on any atom is -0.394 e. The first-order chi connectivity index (χ1) is 7.14. The second-order valence-electron chi connectivity index (χ2n) is 6.00. The van der Waals surface area contributed by atoms with E-state index in [9.17, 15) is 5.11 Å². The third-order valence-electron chi connectivity index (χ3n) is 5.30. The molecule has 0 amide bonds. The zero-order valence-corrected chi connectivity index (χ0v) is 9.10. The van der Waals surface area contributed by atoms with Gasteiger partial charge in [0, 0.05) is 5.54 Å². The lowest BCUT2D eigenvalue weighted by Crippen LogP contribution is -2.69. The zero-order chi connectivity index (χ0) is 10.6. The highest BCUT2D eigenvalue weighted by Gasteiger charge is 2.57. The molecule has 15 heavy (non-hydrogen) atoms. The van der Waals surface area contributed by atoms with Crippen LogP contribution in [-0.2, 0) is 0 Å². The number of hydrogen-bond donors (Lipinski definition) is 3. The van der Waals surface area contributed by atoms with Crippen LogP contribution in [0.25, 0.3) is 0 Å². The van der Waals surface area contributed by atoms with Crippen molar-refractivity contribution >= 4 is 0 Å². The monoisotopic (exact) mass is 211 g/mol. The van der Waals surface area contributed by atoms with Crippen molar-refractivity contribution in [2.45, 2.75) is 43.7 Å². The minimum atomic E-state index is -0.715. The Morgan fingerprint density at radius 2 is 1.53 bits per heavy atom. The second-order valence-corrected chi connectivity index (χ2v) is 6.00. The van der Waals surface area contributed by atoms with Gasteiger partial charge >= 0.3 is 0 Å². The standard InChI is InChI=1S/C12H21NO2/c13-12(11(15)6-14)9-2-7-1-8(4-9)5-10(12)3-7/h7-11,14-15H,1-6,13H2. The summed E-state index contributed by atoms with van der Waals surface area (Å²) in [6.45, 7) is -0.182. The van der Waals surface area contributed by atoms with E-state index < -0.39 is 11.6 Å². The molecule has 0 aromatic heterocycles. The van der Waals surface area contributed by atoms with Gasteiger partial charge in [-0.15, -0.1) is 0 Å². The molecule has 86 valence electrons. The van der Waals surface area contributed by atoms with Crippen LogP contribution in [0.15, 0.2) is 0 Å². The molecule has 4 fully saturated rings. The van der Waals surface area contributed by atoms with E-state index in [0.717, 1.165) is 11.8 Å². The Hall–Kier alpha value is -0.120. The molecule has 4 bridgehead atoms. The van der Waals surface area contributed by atoms with Gasteiger partial charge in [-0.1, -0.05) is 0 Å². The van der Waals surface area contributed by atoms with E-state index in [4.69, 9.17) is 10.8 Å². The van der Waals surface area contributed by atoms with Gasteiger partial charge in [-0.3, -0.25) is 0 Å². The smallest absolute Gasteiger partial charge is 0.0955 e. The predicted molar refractivity (Wildman–Crippen MR) is 57.1 cm³/mol. The van der Waals surface area contributed by atoms with E-state index >= 15 is 0 Å². The molecule has 4 saturated carbocycles. The summed E-state index contributed by atoms with van der Waals surface area (Å²) in [6, 6.07) is 0. The van der Waals surface area contributed by atoms with E-state index in [1.165, 1.54) is 32.1 Å². The molecule has 4 rings (SSSR count). The molecule has 0 heterocycles. The topological polar surface area (TPSA) is 66.5 Å². The molecule has 3 heteroatoms. The van der Waals surface area contributed by atoms with Gasteiger partial charge in [0.2, 0.25) is 0 Å². The lowest BCUT2D eigenvalue weighted by atomic mass is 9.47. The quantitative estimate of drug-likeness (QED) is 0.623. The third-order valence-corrected chi connectivity index (χ3v) is 5.30. The van der Waals surface area contributed by atoms with E-state index in [2.05, 4.69) is 0 Å². The maximum Gasteiger partial charge on any atom is 0.0955 e. The Kier molecular flexibility index (Phi) is 2.14. The van der Waals surface area contributed by atoms with Crippen LogP contribution in [0.4, 0.5) is 0 Å². The van der Waals surface area contributed by atoms with E-state index in [-0.39, 0.29) is 6.61 Å². The summed E-state index contributed by atoms with van der Waals surface area (Å²) >= 11 is 0. The van der Waals surface area contributed by atoms with Crippen LogP contribution in [0, 0.1) is 23.7 Å². The molecule has 4 N–H and O–H groups in total. The zero-order valence-electron chi connectivity index (χ0n) is 9.10. The van der Waals surface area contributed by atoms with Crippen LogP contribution in [0.5, 0.6) is 0 Å². The molecule has 1 atom stereocenters. The lowest BCUT2D eigenvalue weighted by Gasteiger charge is -2.61. The summed E-state index contributed by atoms with van der Waals surface area (Å²) in [4.78, 5) is 0. The Balaban J connectivity index is 1.91. The molecule has 0 aliphatic heterocycles. The van der Waals surface area contributed by atoms with Gasteiger partial charge in [-0.2, -0.15) is 0 Å². The number of nitrogens with two attached hydrogens (primary N) is 1. The normalized spacial score (nSPS) is 54.6. The maximum atomic E-state index is 9.97. The van der Waals surface area contributed by atoms with E-state index in [0.29, 0.717) is 11.8 Å². The SMILES string of the molecule is NC1(C(O)CO)C2CC3CC(C2)CC1C3. The Labute approximate surface area is 90.7 Å². The molecule has 1 unspecified atom stereocenters. The molecule has 0 spiro atoms. The molecule has 0 aromatic rings. The molecular weight excluding hydrogens is 190 g/mol.